The quantitative estimate of drug-likeness (QED) is 0.316. The predicted molar refractivity (Wildman–Crippen MR) is 56.4 cm³/mol. The Bertz CT molecular complexity index is 339. The van der Waals surface area contributed by atoms with Gasteiger partial charge in [0.15, 0.2) is 0 Å². The Kier molecular flexibility index (Phi) is 4.83. The summed E-state index contributed by atoms with van der Waals surface area (Å²) in [5.74, 6) is -0.108. The van der Waals surface area contributed by atoms with Crippen LogP contribution in [-0.4, -0.2) is 24.0 Å². The molecule has 0 atom stereocenters. The summed E-state index contributed by atoms with van der Waals surface area (Å²) in [5.41, 5.74) is 8.58. The molecule has 0 aliphatic rings. The molecule has 0 aromatic carbocycles. The fourth-order valence-electron chi connectivity index (χ4n) is 1.12. The van der Waals surface area contributed by atoms with Crippen molar-refractivity contribution in [3.8, 4) is 0 Å². The van der Waals surface area contributed by atoms with Crippen LogP contribution < -0.4 is 5.32 Å². The molecule has 0 spiro atoms. The van der Waals surface area contributed by atoms with Crippen molar-refractivity contribution in [1.29, 1.82) is 0 Å². The van der Waals surface area contributed by atoms with Gasteiger partial charge in [-0.3, -0.25) is 4.79 Å². The number of nitrogens with one attached hydrogen (secondary N) is 2. The summed E-state index contributed by atoms with van der Waals surface area (Å²) in [5, 5.41) is 6.16. The van der Waals surface area contributed by atoms with Crippen LogP contribution in [0.4, 0.5) is 0 Å². The summed E-state index contributed by atoms with van der Waals surface area (Å²) >= 11 is 0. The Balaban J connectivity index is 2.10. The topological polar surface area (TPSA) is 93.7 Å². The zero-order chi connectivity index (χ0) is 10.9. The molecule has 6 heteroatoms. The molecule has 0 radical (unpaired) electrons. The normalized spacial score (nSPS) is 9.33. The number of unbranched alkanes of at least 4 members (excludes halogenated alkanes) is 1. The monoisotopic (exact) mass is 207 g/mol. The van der Waals surface area contributed by atoms with Gasteiger partial charge in [-0.2, -0.15) is 0 Å². The molecule has 1 rings (SSSR count). The molecule has 1 amide bonds. The molecule has 1 heterocycles. The molecule has 0 aliphatic heterocycles. The van der Waals surface area contributed by atoms with Crippen molar-refractivity contribution in [2.75, 3.05) is 13.1 Å². The van der Waals surface area contributed by atoms with Gasteiger partial charge in [0.1, 0.15) is 5.69 Å². The van der Waals surface area contributed by atoms with E-state index in [1.807, 2.05) is 0 Å². The zero-order valence-electron chi connectivity index (χ0n) is 8.31. The average molecular weight is 207 g/mol. The van der Waals surface area contributed by atoms with Gasteiger partial charge < -0.3 is 10.3 Å². The lowest BCUT2D eigenvalue weighted by molar-refractivity contribution is 0.0948. The second-order valence-corrected chi connectivity index (χ2v) is 3.00. The van der Waals surface area contributed by atoms with E-state index >= 15 is 0 Å². The SMILES string of the molecule is [N-]=[N+]=NCCCCNC(=O)c1ccc[nH]1. The third-order valence-electron chi connectivity index (χ3n) is 1.88. The fourth-order valence-corrected chi connectivity index (χ4v) is 1.12. The molecule has 0 fully saturated rings. The highest BCUT2D eigenvalue weighted by molar-refractivity contribution is 5.92. The molecular weight excluding hydrogens is 194 g/mol. The average Bonchev–Trinajstić information content (AvgIpc) is 2.76. The molecule has 0 saturated carbocycles. The first kappa shape index (κ1) is 11.1. The van der Waals surface area contributed by atoms with Crippen molar-refractivity contribution < 1.29 is 4.79 Å². The molecule has 80 valence electrons. The van der Waals surface area contributed by atoms with Gasteiger partial charge in [-0.05, 0) is 30.5 Å². The molecule has 1 aromatic heterocycles. The van der Waals surface area contributed by atoms with E-state index in [4.69, 9.17) is 5.53 Å². The van der Waals surface area contributed by atoms with E-state index in [2.05, 4.69) is 20.3 Å². The van der Waals surface area contributed by atoms with Crippen LogP contribution in [0.1, 0.15) is 23.3 Å². The van der Waals surface area contributed by atoms with Gasteiger partial charge in [0, 0.05) is 24.2 Å². The van der Waals surface area contributed by atoms with E-state index < -0.39 is 0 Å². The number of hydrogen-bond donors (Lipinski definition) is 2. The van der Waals surface area contributed by atoms with Crippen LogP contribution in [0.25, 0.3) is 10.4 Å². The summed E-state index contributed by atoms with van der Waals surface area (Å²) in [4.78, 5) is 16.8. The van der Waals surface area contributed by atoms with Crippen molar-refractivity contribution in [3.63, 3.8) is 0 Å². The van der Waals surface area contributed by atoms with E-state index in [1.54, 1.807) is 18.3 Å². The summed E-state index contributed by atoms with van der Waals surface area (Å²) in [6.07, 6.45) is 3.30. The first-order chi connectivity index (χ1) is 7.34. The number of carbonyl (C=O) groups is 1. The van der Waals surface area contributed by atoms with E-state index in [9.17, 15) is 4.79 Å². The highest BCUT2D eigenvalue weighted by Gasteiger charge is 2.03. The van der Waals surface area contributed by atoms with Crippen LogP contribution in [0.5, 0.6) is 0 Å². The van der Waals surface area contributed by atoms with E-state index in [0.717, 1.165) is 12.8 Å². The number of aromatic amines is 1. The Hall–Kier alpha value is -1.94. The molecular formula is C9H13N5O. The lowest BCUT2D eigenvalue weighted by Crippen LogP contribution is -2.24. The number of rotatable bonds is 6. The van der Waals surface area contributed by atoms with Crippen molar-refractivity contribution in [3.05, 3.63) is 34.5 Å². The minimum Gasteiger partial charge on any atom is -0.357 e. The van der Waals surface area contributed by atoms with Crippen LogP contribution in [0.15, 0.2) is 23.4 Å². The van der Waals surface area contributed by atoms with Gasteiger partial charge in [0.05, 0.1) is 0 Å². The number of hydrogen-bond acceptors (Lipinski definition) is 2. The maximum Gasteiger partial charge on any atom is 0.267 e. The molecule has 2 N–H and O–H groups in total. The third-order valence-corrected chi connectivity index (χ3v) is 1.88. The Labute approximate surface area is 87.3 Å². The van der Waals surface area contributed by atoms with Crippen molar-refractivity contribution in [2.24, 2.45) is 5.11 Å². The number of aromatic nitrogens is 1. The molecule has 15 heavy (non-hydrogen) atoms. The largest absolute Gasteiger partial charge is 0.357 e. The fraction of sp³-hybridized carbons (Fsp3) is 0.444. The standard InChI is InChI=1S/C9H13N5O/c10-14-13-7-2-1-5-12-9(15)8-4-3-6-11-8/h3-4,6,11H,1-2,5,7H2,(H,12,15). The van der Waals surface area contributed by atoms with Crippen LogP contribution in [0.3, 0.4) is 0 Å². The van der Waals surface area contributed by atoms with Crippen molar-refractivity contribution in [2.45, 2.75) is 12.8 Å². The number of amides is 1. The molecule has 0 unspecified atom stereocenters. The minimum absolute atomic E-state index is 0.108. The van der Waals surface area contributed by atoms with Crippen LogP contribution in [0.2, 0.25) is 0 Å². The van der Waals surface area contributed by atoms with Crippen LogP contribution in [-0.2, 0) is 0 Å². The Morgan fingerprint density at radius 1 is 1.60 bits per heavy atom. The second kappa shape index (κ2) is 6.50. The van der Waals surface area contributed by atoms with Crippen LogP contribution in [0, 0.1) is 0 Å². The summed E-state index contributed by atoms with van der Waals surface area (Å²) < 4.78 is 0. The first-order valence-electron chi connectivity index (χ1n) is 4.77. The van der Waals surface area contributed by atoms with Crippen molar-refractivity contribution >= 4 is 5.91 Å². The maximum absolute atomic E-state index is 11.4. The predicted octanol–water partition coefficient (Wildman–Crippen LogP) is 1.83. The molecule has 0 bridgehead atoms. The van der Waals surface area contributed by atoms with Gasteiger partial charge in [0.2, 0.25) is 0 Å². The number of carbonyl (C=O) groups excluding carboxylic acids is 1. The smallest absolute Gasteiger partial charge is 0.267 e. The number of nitrogens with zero attached hydrogens (tertiary/aromatic N) is 3. The molecule has 1 aromatic rings. The summed E-state index contributed by atoms with van der Waals surface area (Å²) in [6, 6.07) is 3.49. The summed E-state index contributed by atoms with van der Waals surface area (Å²) in [6.45, 7) is 1.08. The molecule has 6 nitrogen and oxygen atoms in total. The van der Waals surface area contributed by atoms with E-state index in [1.165, 1.54) is 0 Å². The van der Waals surface area contributed by atoms with Crippen molar-refractivity contribution in [1.82, 2.24) is 10.3 Å². The van der Waals surface area contributed by atoms with Gasteiger partial charge in [-0.25, -0.2) is 0 Å². The highest BCUT2D eigenvalue weighted by Crippen LogP contribution is 1.94. The van der Waals surface area contributed by atoms with Gasteiger partial charge in [-0.1, -0.05) is 5.11 Å². The maximum atomic E-state index is 11.4. The highest BCUT2D eigenvalue weighted by atomic mass is 16.1. The number of azide groups is 1. The lowest BCUT2D eigenvalue weighted by Gasteiger charge is -2.01. The van der Waals surface area contributed by atoms with Gasteiger partial charge >= 0.3 is 0 Å². The Morgan fingerprint density at radius 2 is 2.47 bits per heavy atom. The van der Waals surface area contributed by atoms with Crippen LogP contribution >= 0.6 is 0 Å². The first-order valence-corrected chi connectivity index (χ1v) is 4.77. The van der Waals surface area contributed by atoms with Gasteiger partial charge in [-0.15, -0.1) is 0 Å². The lowest BCUT2D eigenvalue weighted by atomic mass is 10.3. The number of H-pyrrole nitrogens is 1. The second-order valence-electron chi connectivity index (χ2n) is 3.00. The zero-order valence-corrected chi connectivity index (χ0v) is 8.31. The third kappa shape index (κ3) is 4.19. The van der Waals surface area contributed by atoms with E-state index in [-0.39, 0.29) is 5.91 Å². The van der Waals surface area contributed by atoms with Gasteiger partial charge in [0.25, 0.3) is 5.91 Å². The minimum atomic E-state index is -0.108. The van der Waals surface area contributed by atoms with E-state index in [0.29, 0.717) is 18.8 Å². The molecule has 0 saturated heterocycles. The Morgan fingerprint density at radius 3 is 3.13 bits per heavy atom. The summed E-state index contributed by atoms with van der Waals surface area (Å²) in [7, 11) is 0. The molecule has 0 aliphatic carbocycles.